The summed E-state index contributed by atoms with van der Waals surface area (Å²) in [4.78, 5) is 30.2. The quantitative estimate of drug-likeness (QED) is 0.263. The maximum Gasteiger partial charge on any atom is 0.368 e. The third-order valence-corrected chi connectivity index (χ3v) is 24.3. The van der Waals surface area contributed by atoms with Gasteiger partial charge in [-0.3, -0.25) is 4.79 Å². The van der Waals surface area contributed by atoms with Crippen molar-refractivity contribution in [3.8, 4) is 0 Å². The first-order valence-electron chi connectivity index (χ1n) is 16.2. The standard InChI is InChI=1S/C31H60N4O6Si3/c1-29(2,3)42(10,11)38-20-22-24(40-43(12,13)30(4,5)6)25(41-44(14,15)31(7,8)9)27(39-22)35-28(37)34-23(19-32-35)33-26(36)21-17-16-18-21/h19,21-22,24-25,27H,16-18,20H2,1-15H3,(H,33,34,36,37)/t22-,24-,25-,27-/m1/s1. The molecule has 0 aromatic carbocycles. The summed E-state index contributed by atoms with van der Waals surface area (Å²) in [7, 11) is -6.84. The van der Waals surface area contributed by atoms with Crippen LogP contribution < -0.4 is 11.0 Å². The third kappa shape index (κ3) is 8.18. The van der Waals surface area contributed by atoms with Crippen molar-refractivity contribution in [1.82, 2.24) is 14.8 Å². The number of ether oxygens (including phenoxy) is 1. The highest BCUT2D eigenvalue weighted by molar-refractivity contribution is 6.75. The van der Waals surface area contributed by atoms with E-state index in [2.05, 4.69) is 117 Å². The third-order valence-electron chi connectivity index (χ3n) is 10.9. The van der Waals surface area contributed by atoms with Crippen LogP contribution in [-0.2, 0) is 22.8 Å². The number of amides is 1. The molecule has 10 nitrogen and oxygen atoms in total. The highest BCUT2D eigenvalue weighted by atomic mass is 28.4. The number of nitrogens with one attached hydrogen (secondary N) is 1. The van der Waals surface area contributed by atoms with Gasteiger partial charge in [-0.25, -0.2) is 4.79 Å². The van der Waals surface area contributed by atoms with Crippen LogP contribution in [0.3, 0.4) is 0 Å². The van der Waals surface area contributed by atoms with E-state index in [1.54, 1.807) is 0 Å². The van der Waals surface area contributed by atoms with Crippen LogP contribution in [0.15, 0.2) is 11.0 Å². The number of carbonyl (C=O) groups is 1. The van der Waals surface area contributed by atoms with Crippen LogP contribution in [0.5, 0.6) is 0 Å². The van der Waals surface area contributed by atoms with Gasteiger partial charge in [0.2, 0.25) is 5.91 Å². The van der Waals surface area contributed by atoms with E-state index in [4.69, 9.17) is 18.0 Å². The lowest BCUT2D eigenvalue weighted by Crippen LogP contribution is -2.55. The van der Waals surface area contributed by atoms with Gasteiger partial charge < -0.3 is 23.3 Å². The van der Waals surface area contributed by atoms with E-state index in [9.17, 15) is 9.59 Å². The van der Waals surface area contributed by atoms with Crippen molar-refractivity contribution in [2.75, 3.05) is 11.9 Å². The first kappa shape index (κ1) is 37.2. The molecule has 1 aliphatic carbocycles. The summed E-state index contributed by atoms with van der Waals surface area (Å²) in [5.74, 6) is -0.00538. The summed E-state index contributed by atoms with van der Waals surface area (Å²) in [6, 6.07) is 0. The molecule has 44 heavy (non-hydrogen) atoms. The molecule has 2 fully saturated rings. The van der Waals surface area contributed by atoms with Crippen molar-refractivity contribution < 1.29 is 22.8 Å². The summed E-state index contributed by atoms with van der Waals surface area (Å²) in [6.07, 6.45) is 1.73. The largest absolute Gasteiger partial charge is 0.414 e. The summed E-state index contributed by atoms with van der Waals surface area (Å²) in [5.41, 5.74) is -0.609. The topological polar surface area (TPSA) is 114 Å². The molecular formula is C31H60N4O6Si3. The van der Waals surface area contributed by atoms with E-state index in [0.717, 1.165) is 19.3 Å². The number of hydrogen-bond donors (Lipinski definition) is 1. The Kier molecular flexibility index (Phi) is 10.8. The van der Waals surface area contributed by atoms with E-state index in [1.807, 2.05) is 0 Å². The average molecular weight is 669 g/mol. The maximum atomic E-state index is 13.5. The summed E-state index contributed by atoms with van der Waals surface area (Å²) >= 11 is 0. The zero-order chi connectivity index (χ0) is 33.7. The molecule has 1 aliphatic heterocycles. The molecule has 252 valence electrons. The Bertz CT molecular complexity index is 1230. The van der Waals surface area contributed by atoms with Crippen molar-refractivity contribution in [3.05, 3.63) is 16.7 Å². The fraction of sp³-hybridized carbons (Fsp3) is 0.871. The van der Waals surface area contributed by atoms with Gasteiger partial charge in [0, 0.05) is 5.92 Å². The van der Waals surface area contributed by atoms with Crippen molar-refractivity contribution >= 4 is 36.7 Å². The van der Waals surface area contributed by atoms with Gasteiger partial charge in [-0.05, 0) is 67.2 Å². The monoisotopic (exact) mass is 668 g/mol. The Balaban J connectivity index is 2.07. The zero-order valence-electron chi connectivity index (χ0n) is 30.1. The van der Waals surface area contributed by atoms with Gasteiger partial charge in [0.25, 0.3) is 0 Å². The van der Waals surface area contributed by atoms with Gasteiger partial charge in [0.15, 0.2) is 37.0 Å². The van der Waals surface area contributed by atoms with Gasteiger partial charge in [0.05, 0.1) is 12.8 Å². The van der Waals surface area contributed by atoms with Gasteiger partial charge >= 0.3 is 5.69 Å². The zero-order valence-corrected chi connectivity index (χ0v) is 33.1. The lowest BCUT2D eigenvalue weighted by Gasteiger charge is -2.44. The highest BCUT2D eigenvalue weighted by Gasteiger charge is 2.55. The Hall–Kier alpha value is -1.23. The van der Waals surface area contributed by atoms with Gasteiger partial charge in [-0.1, -0.05) is 68.7 Å². The van der Waals surface area contributed by atoms with Gasteiger partial charge in [-0.15, -0.1) is 0 Å². The van der Waals surface area contributed by atoms with Gasteiger partial charge in [0.1, 0.15) is 18.3 Å². The molecular weight excluding hydrogens is 609 g/mol. The Morgan fingerprint density at radius 1 is 0.886 bits per heavy atom. The first-order chi connectivity index (χ1) is 19.8. The predicted octanol–water partition coefficient (Wildman–Crippen LogP) is 7.08. The number of nitrogens with zero attached hydrogens (tertiary/aromatic N) is 3. The van der Waals surface area contributed by atoms with Crippen LogP contribution in [-0.4, -0.2) is 70.5 Å². The second-order valence-corrected chi connectivity index (χ2v) is 31.6. The van der Waals surface area contributed by atoms with Gasteiger partial charge in [-0.2, -0.15) is 14.8 Å². The molecule has 1 aromatic heterocycles. The van der Waals surface area contributed by atoms with Crippen LogP contribution in [0.1, 0.15) is 87.8 Å². The Morgan fingerprint density at radius 2 is 1.39 bits per heavy atom. The smallest absolute Gasteiger partial charge is 0.368 e. The van der Waals surface area contributed by atoms with E-state index in [-0.39, 0.29) is 32.8 Å². The first-order valence-corrected chi connectivity index (χ1v) is 24.9. The summed E-state index contributed by atoms with van der Waals surface area (Å²) in [6.45, 7) is 33.5. The Morgan fingerprint density at radius 3 is 1.82 bits per heavy atom. The molecule has 0 spiro atoms. The second-order valence-electron chi connectivity index (χ2n) is 17.3. The molecule has 1 N–H and O–H groups in total. The van der Waals surface area contributed by atoms with Crippen LogP contribution >= 0.6 is 0 Å². The second kappa shape index (κ2) is 12.8. The molecule has 13 heteroatoms. The maximum absolute atomic E-state index is 13.5. The van der Waals surface area contributed by atoms with E-state index < -0.39 is 55.2 Å². The lowest BCUT2D eigenvalue weighted by molar-refractivity contribution is -0.122. The molecule has 4 atom stereocenters. The molecule has 1 aromatic rings. The molecule has 1 saturated carbocycles. The molecule has 0 radical (unpaired) electrons. The fourth-order valence-corrected chi connectivity index (χ4v) is 7.95. The average Bonchev–Trinajstić information content (AvgIpc) is 3.10. The number of rotatable bonds is 10. The highest BCUT2D eigenvalue weighted by Crippen LogP contribution is 2.46. The Labute approximate surface area is 268 Å². The van der Waals surface area contributed by atoms with Crippen LogP contribution in [0.25, 0.3) is 0 Å². The number of hydrogen-bond acceptors (Lipinski definition) is 8. The van der Waals surface area contributed by atoms with E-state index in [0.29, 0.717) is 6.61 Å². The summed E-state index contributed by atoms with van der Waals surface area (Å²) in [5, 5.41) is 7.10. The normalized spacial score (nSPS) is 24.3. The van der Waals surface area contributed by atoms with Crippen LogP contribution in [0, 0.1) is 5.92 Å². The predicted molar refractivity (Wildman–Crippen MR) is 183 cm³/mol. The van der Waals surface area contributed by atoms with Crippen molar-refractivity contribution in [3.63, 3.8) is 0 Å². The number of carbonyl (C=O) groups excluding carboxylic acids is 1. The van der Waals surface area contributed by atoms with Crippen molar-refractivity contribution in [1.29, 1.82) is 0 Å². The number of aromatic nitrogens is 3. The van der Waals surface area contributed by atoms with Crippen molar-refractivity contribution in [2.24, 2.45) is 5.92 Å². The molecule has 0 bridgehead atoms. The van der Waals surface area contributed by atoms with Crippen LogP contribution in [0.4, 0.5) is 5.82 Å². The molecule has 2 heterocycles. The SMILES string of the molecule is CC(C)(C)[Si](C)(C)OC[C@H]1O[C@@H](n2ncc(NC(=O)C3CCC3)nc2=O)[C@H](O[Si](C)(C)C(C)(C)C)[C@@H]1O[Si](C)(C)C(C)(C)C. The lowest BCUT2D eigenvalue weighted by atomic mass is 9.85. The van der Waals surface area contributed by atoms with Crippen molar-refractivity contribution in [2.45, 2.75) is 161 Å². The summed E-state index contributed by atoms with van der Waals surface area (Å²) < 4.78 is 28.9. The molecule has 1 amide bonds. The number of anilines is 1. The molecule has 3 rings (SSSR count). The minimum absolute atomic E-state index is 0.0139. The molecule has 2 aliphatic rings. The fourth-order valence-electron chi connectivity index (χ4n) is 4.33. The molecule has 0 unspecified atom stereocenters. The van der Waals surface area contributed by atoms with E-state index in [1.165, 1.54) is 10.9 Å². The van der Waals surface area contributed by atoms with Crippen LogP contribution in [0.2, 0.25) is 54.4 Å². The molecule has 1 saturated heterocycles. The van der Waals surface area contributed by atoms with E-state index >= 15 is 0 Å². The minimum Gasteiger partial charge on any atom is -0.414 e. The minimum atomic E-state index is -2.38.